The fourth-order valence-electron chi connectivity index (χ4n) is 2.94. The average Bonchev–Trinajstić information content (AvgIpc) is 2.80. The van der Waals surface area contributed by atoms with Crippen LogP contribution in [0, 0.1) is 10.1 Å². The monoisotopic (exact) mass is 469 g/mol. The summed E-state index contributed by atoms with van der Waals surface area (Å²) >= 11 is 5.84. The molecule has 3 aromatic rings. The maximum Gasteiger partial charge on any atom is 0.313 e. The molecular weight excluding hydrogens is 450 g/mol. The molecule has 0 saturated carbocycles. The van der Waals surface area contributed by atoms with E-state index >= 15 is 0 Å². The molecule has 0 unspecified atom stereocenters. The van der Waals surface area contributed by atoms with Crippen LogP contribution >= 0.6 is 11.6 Å². The molecule has 0 heterocycles. The van der Waals surface area contributed by atoms with E-state index < -0.39 is 10.8 Å². The molecule has 33 heavy (non-hydrogen) atoms. The Kier molecular flexibility index (Phi) is 7.47. The van der Waals surface area contributed by atoms with Crippen molar-refractivity contribution in [2.24, 2.45) is 0 Å². The van der Waals surface area contributed by atoms with Crippen LogP contribution in [0.1, 0.15) is 27.6 Å². The van der Waals surface area contributed by atoms with Crippen molar-refractivity contribution in [3.63, 3.8) is 0 Å². The Morgan fingerprint density at radius 1 is 0.970 bits per heavy atom. The number of nitrogens with zero attached hydrogens (tertiary/aromatic N) is 1. The van der Waals surface area contributed by atoms with Gasteiger partial charge in [0.2, 0.25) is 5.75 Å². The predicted molar refractivity (Wildman–Crippen MR) is 124 cm³/mol. The summed E-state index contributed by atoms with van der Waals surface area (Å²) in [5, 5.41) is 16.9. The average molecular weight is 470 g/mol. The first-order valence-electron chi connectivity index (χ1n) is 9.81. The van der Waals surface area contributed by atoms with E-state index in [0.29, 0.717) is 17.8 Å². The smallest absolute Gasteiger partial charge is 0.313 e. The first kappa shape index (κ1) is 23.6. The van der Waals surface area contributed by atoms with Gasteiger partial charge in [0, 0.05) is 34.4 Å². The third kappa shape index (κ3) is 5.78. The highest BCUT2D eigenvalue weighted by Crippen LogP contribution is 2.38. The molecule has 0 aliphatic carbocycles. The van der Waals surface area contributed by atoms with Gasteiger partial charge < -0.3 is 20.1 Å². The maximum atomic E-state index is 12.7. The number of carbonyl (C=O) groups excluding carboxylic acids is 2. The summed E-state index contributed by atoms with van der Waals surface area (Å²) in [6.45, 7) is 2.30. The molecule has 0 radical (unpaired) electrons. The molecule has 0 bridgehead atoms. The summed E-state index contributed by atoms with van der Waals surface area (Å²) in [5.74, 6) is -0.332. The van der Waals surface area contributed by atoms with Crippen molar-refractivity contribution in [2.75, 3.05) is 19.0 Å². The van der Waals surface area contributed by atoms with Gasteiger partial charge in [-0.3, -0.25) is 19.7 Å². The number of hydrogen-bond donors (Lipinski definition) is 2. The molecule has 3 aromatic carbocycles. The van der Waals surface area contributed by atoms with Gasteiger partial charge in [-0.2, -0.15) is 0 Å². The zero-order chi connectivity index (χ0) is 24.0. The molecule has 0 atom stereocenters. The standard InChI is InChI=1S/C23H20ClN3O6/c1-3-25-22(28)14-5-4-6-17(11-14)26-23(29)15-7-9-20(21(12-15)32-2)33-19-10-8-16(24)13-18(19)27(30)31/h4-13H,3H2,1-2H3,(H,25,28)(H,26,29). The molecule has 170 valence electrons. The number of nitrogens with one attached hydrogen (secondary N) is 2. The molecule has 2 N–H and O–H groups in total. The first-order valence-corrected chi connectivity index (χ1v) is 10.2. The van der Waals surface area contributed by atoms with Crippen LogP contribution in [0.25, 0.3) is 0 Å². The van der Waals surface area contributed by atoms with Crippen molar-refractivity contribution >= 4 is 34.8 Å². The topological polar surface area (TPSA) is 120 Å². The Labute approximate surface area is 194 Å². The van der Waals surface area contributed by atoms with Crippen LogP contribution in [0.2, 0.25) is 5.02 Å². The zero-order valence-corrected chi connectivity index (χ0v) is 18.5. The largest absolute Gasteiger partial charge is 0.493 e. The van der Waals surface area contributed by atoms with Crippen molar-refractivity contribution in [3.8, 4) is 17.2 Å². The minimum absolute atomic E-state index is 0.0259. The normalized spacial score (nSPS) is 10.3. The Hall–Kier alpha value is -4.11. The van der Waals surface area contributed by atoms with E-state index in [1.165, 1.54) is 43.5 Å². The van der Waals surface area contributed by atoms with E-state index in [9.17, 15) is 19.7 Å². The summed E-state index contributed by atoms with van der Waals surface area (Å²) in [6, 6.07) is 15.0. The lowest BCUT2D eigenvalue weighted by molar-refractivity contribution is -0.385. The Balaban J connectivity index is 1.82. The lowest BCUT2D eigenvalue weighted by Gasteiger charge is -2.13. The Morgan fingerprint density at radius 3 is 2.39 bits per heavy atom. The van der Waals surface area contributed by atoms with Crippen LogP contribution in [-0.2, 0) is 0 Å². The summed E-state index contributed by atoms with van der Waals surface area (Å²) in [5.41, 5.74) is 0.812. The summed E-state index contributed by atoms with van der Waals surface area (Å²) in [4.78, 5) is 35.4. The van der Waals surface area contributed by atoms with E-state index in [2.05, 4.69) is 10.6 Å². The van der Waals surface area contributed by atoms with Crippen LogP contribution in [0.5, 0.6) is 17.2 Å². The molecule has 0 aliphatic heterocycles. The highest BCUT2D eigenvalue weighted by molar-refractivity contribution is 6.30. The summed E-state index contributed by atoms with van der Waals surface area (Å²) in [6.07, 6.45) is 0. The van der Waals surface area contributed by atoms with E-state index in [1.807, 2.05) is 6.92 Å². The van der Waals surface area contributed by atoms with Gasteiger partial charge in [0.05, 0.1) is 12.0 Å². The van der Waals surface area contributed by atoms with Gasteiger partial charge in [0.1, 0.15) is 0 Å². The fourth-order valence-corrected chi connectivity index (χ4v) is 3.10. The number of rotatable bonds is 8. The molecule has 2 amide bonds. The second-order valence-electron chi connectivity index (χ2n) is 6.73. The number of hydrogen-bond acceptors (Lipinski definition) is 6. The van der Waals surface area contributed by atoms with Crippen LogP contribution < -0.4 is 20.1 Å². The molecular formula is C23H20ClN3O6. The second kappa shape index (κ2) is 10.5. The lowest BCUT2D eigenvalue weighted by Crippen LogP contribution is -2.22. The molecule has 3 rings (SSSR count). The number of nitro benzene ring substituents is 1. The number of carbonyl (C=O) groups is 2. The maximum absolute atomic E-state index is 12.7. The molecule has 0 aromatic heterocycles. The Bertz CT molecular complexity index is 1210. The molecule has 0 fully saturated rings. The predicted octanol–water partition coefficient (Wildman–Crippen LogP) is 5.05. The number of benzene rings is 3. The van der Waals surface area contributed by atoms with Crippen molar-refractivity contribution in [3.05, 3.63) is 86.9 Å². The number of methoxy groups -OCH3 is 1. The van der Waals surface area contributed by atoms with Crippen molar-refractivity contribution in [1.29, 1.82) is 0 Å². The number of anilines is 1. The number of ether oxygens (including phenoxy) is 2. The van der Waals surface area contributed by atoms with Gasteiger partial charge in [-0.15, -0.1) is 0 Å². The minimum Gasteiger partial charge on any atom is -0.493 e. The molecule has 9 nitrogen and oxygen atoms in total. The molecule has 10 heteroatoms. The number of amides is 2. The van der Waals surface area contributed by atoms with Gasteiger partial charge in [-0.1, -0.05) is 17.7 Å². The van der Waals surface area contributed by atoms with Crippen LogP contribution in [0.4, 0.5) is 11.4 Å². The van der Waals surface area contributed by atoms with Gasteiger partial charge in [-0.05, 0) is 55.5 Å². The van der Waals surface area contributed by atoms with Gasteiger partial charge in [-0.25, -0.2) is 0 Å². The highest BCUT2D eigenvalue weighted by atomic mass is 35.5. The van der Waals surface area contributed by atoms with E-state index in [0.717, 1.165) is 0 Å². The van der Waals surface area contributed by atoms with Gasteiger partial charge >= 0.3 is 5.69 Å². The fraction of sp³-hybridized carbons (Fsp3) is 0.130. The molecule has 0 saturated heterocycles. The van der Waals surface area contributed by atoms with Crippen molar-refractivity contribution in [2.45, 2.75) is 6.92 Å². The van der Waals surface area contributed by atoms with Crippen LogP contribution in [0.3, 0.4) is 0 Å². The van der Waals surface area contributed by atoms with Crippen molar-refractivity contribution in [1.82, 2.24) is 5.32 Å². The van der Waals surface area contributed by atoms with E-state index in [1.54, 1.807) is 24.3 Å². The van der Waals surface area contributed by atoms with Crippen LogP contribution in [-0.4, -0.2) is 30.4 Å². The lowest BCUT2D eigenvalue weighted by atomic mass is 10.1. The van der Waals surface area contributed by atoms with Crippen molar-refractivity contribution < 1.29 is 24.0 Å². The zero-order valence-electron chi connectivity index (χ0n) is 17.8. The summed E-state index contributed by atoms with van der Waals surface area (Å²) in [7, 11) is 1.38. The third-order valence-electron chi connectivity index (χ3n) is 4.48. The van der Waals surface area contributed by atoms with E-state index in [-0.39, 0.29) is 39.4 Å². The first-order chi connectivity index (χ1) is 15.8. The van der Waals surface area contributed by atoms with Gasteiger partial charge in [0.15, 0.2) is 11.5 Å². The third-order valence-corrected chi connectivity index (χ3v) is 4.72. The molecule has 0 aliphatic rings. The van der Waals surface area contributed by atoms with Gasteiger partial charge in [0.25, 0.3) is 11.8 Å². The highest BCUT2D eigenvalue weighted by Gasteiger charge is 2.19. The van der Waals surface area contributed by atoms with E-state index in [4.69, 9.17) is 21.1 Å². The number of nitro groups is 1. The van der Waals surface area contributed by atoms with Crippen LogP contribution in [0.15, 0.2) is 60.7 Å². The SMILES string of the molecule is CCNC(=O)c1cccc(NC(=O)c2ccc(Oc3ccc(Cl)cc3[N+](=O)[O-])c(OC)c2)c1. The summed E-state index contributed by atoms with van der Waals surface area (Å²) < 4.78 is 11.0. The second-order valence-corrected chi connectivity index (χ2v) is 7.17. The Morgan fingerprint density at radius 2 is 1.70 bits per heavy atom. The quantitative estimate of drug-likeness (QED) is 0.352. The molecule has 0 spiro atoms. The number of halogens is 1. The minimum atomic E-state index is -0.607.